The van der Waals surface area contributed by atoms with Gasteiger partial charge in [-0.2, -0.15) is 0 Å². The van der Waals surface area contributed by atoms with Crippen LogP contribution in [0.15, 0.2) is 18.2 Å². The van der Waals surface area contributed by atoms with Crippen LogP contribution in [0.3, 0.4) is 0 Å². The summed E-state index contributed by atoms with van der Waals surface area (Å²) in [5.74, 6) is 0.698. The molecule has 0 heterocycles. The van der Waals surface area contributed by atoms with E-state index >= 15 is 0 Å². The summed E-state index contributed by atoms with van der Waals surface area (Å²) in [4.78, 5) is 0. The minimum absolute atomic E-state index is 0.122. The number of hydrogen-bond acceptors (Lipinski definition) is 2. The Morgan fingerprint density at radius 3 is 2.39 bits per heavy atom. The fourth-order valence-corrected chi connectivity index (χ4v) is 2.75. The third kappa shape index (κ3) is 3.12. The fourth-order valence-electron chi connectivity index (χ4n) is 2.75. The Morgan fingerprint density at radius 1 is 1.28 bits per heavy atom. The maximum Gasteiger partial charge on any atom is 0.0757 e. The van der Waals surface area contributed by atoms with Crippen molar-refractivity contribution in [3.05, 3.63) is 34.9 Å². The van der Waals surface area contributed by atoms with Crippen LogP contribution in [0, 0.1) is 19.8 Å². The van der Waals surface area contributed by atoms with Gasteiger partial charge in [0.1, 0.15) is 0 Å². The molecule has 2 atom stereocenters. The van der Waals surface area contributed by atoms with Gasteiger partial charge in [0, 0.05) is 12.6 Å². The highest BCUT2D eigenvalue weighted by atomic mass is 16.5. The number of rotatable bonds is 6. The molecular formula is C16H25NO. The average Bonchev–Trinajstić information content (AvgIpc) is 3.15. The summed E-state index contributed by atoms with van der Waals surface area (Å²) in [6.45, 7) is 7.16. The van der Waals surface area contributed by atoms with Crippen molar-refractivity contribution in [3.63, 3.8) is 0 Å². The minimum Gasteiger partial charge on any atom is -0.377 e. The average molecular weight is 247 g/mol. The first-order chi connectivity index (χ1) is 8.63. The predicted octanol–water partition coefficient (Wildman–Crippen LogP) is 2.99. The van der Waals surface area contributed by atoms with Crippen LogP contribution in [0.4, 0.5) is 0 Å². The lowest BCUT2D eigenvalue weighted by molar-refractivity contribution is 0.0287. The quantitative estimate of drug-likeness (QED) is 0.838. The topological polar surface area (TPSA) is 35.2 Å². The van der Waals surface area contributed by atoms with E-state index in [1.54, 1.807) is 0 Å². The van der Waals surface area contributed by atoms with E-state index in [9.17, 15) is 0 Å². The van der Waals surface area contributed by atoms with Gasteiger partial charge in [0.15, 0.2) is 0 Å². The van der Waals surface area contributed by atoms with E-state index in [0.29, 0.717) is 5.92 Å². The van der Waals surface area contributed by atoms with Gasteiger partial charge < -0.3 is 10.5 Å². The van der Waals surface area contributed by atoms with Gasteiger partial charge in [-0.25, -0.2) is 0 Å². The molecule has 1 fully saturated rings. The first-order valence-electron chi connectivity index (χ1n) is 7.05. The first-order valence-corrected chi connectivity index (χ1v) is 7.05. The number of nitrogens with two attached hydrogens (primary N) is 1. The smallest absolute Gasteiger partial charge is 0.0757 e. The number of aryl methyl sites for hydroxylation is 2. The molecule has 1 aliphatic rings. The number of hydrogen-bond donors (Lipinski definition) is 1. The Morgan fingerprint density at radius 2 is 1.89 bits per heavy atom. The highest BCUT2D eigenvalue weighted by Gasteiger charge is 2.35. The number of ether oxygens (including phenoxy) is 1. The normalized spacial score (nSPS) is 18.7. The molecule has 0 spiro atoms. The molecule has 2 unspecified atom stereocenters. The minimum atomic E-state index is 0.122. The van der Waals surface area contributed by atoms with Crippen molar-refractivity contribution in [2.75, 3.05) is 6.61 Å². The molecule has 2 N–H and O–H groups in total. The molecule has 1 aromatic carbocycles. The van der Waals surface area contributed by atoms with Crippen LogP contribution in [-0.2, 0) is 11.2 Å². The van der Waals surface area contributed by atoms with Gasteiger partial charge in [-0.05, 0) is 62.6 Å². The molecule has 1 aromatic rings. The predicted molar refractivity (Wildman–Crippen MR) is 75.7 cm³/mol. The van der Waals surface area contributed by atoms with Crippen LogP contribution in [0.2, 0.25) is 0 Å². The SMILES string of the molecule is CCOC(C(N)Cc1c(C)cccc1C)C1CC1. The second kappa shape index (κ2) is 5.85. The summed E-state index contributed by atoms with van der Waals surface area (Å²) in [6.07, 6.45) is 3.74. The second-order valence-corrected chi connectivity index (χ2v) is 5.50. The van der Waals surface area contributed by atoms with Crippen molar-refractivity contribution in [1.29, 1.82) is 0 Å². The molecule has 0 aromatic heterocycles. The summed E-state index contributed by atoms with van der Waals surface area (Å²) in [5, 5.41) is 0. The van der Waals surface area contributed by atoms with Crippen LogP contribution in [0.1, 0.15) is 36.5 Å². The van der Waals surface area contributed by atoms with Gasteiger partial charge in [-0.3, -0.25) is 0 Å². The van der Waals surface area contributed by atoms with E-state index in [1.807, 2.05) is 0 Å². The first kappa shape index (κ1) is 13.6. The zero-order valence-electron chi connectivity index (χ0n) is 11.8. The highest BCUT2D eigenvalue weighted by molar-refractivity contribution is 5.34. The highest BCUT2D eigenvalue weighted by Crippen LogP contribution is 2.36. The lowest BCUT2D eigenvalue weighted by Crippen LogP contribution is -2.40. The van der Waals surface area contributed by atoms with Crippen LogP contribution >= 0.6 is 0 Å². The molecule has 2 heteroatoms. The van der Waals surface area contributed by atoms with E-state index in [1.165, 1.54) is 29.5 Å². The van der Waals surface area contributed by atoms with E-state index in [-0.39, 0.29) is 12.1 Å². The van der Waals surface area contributed by atoms with Gasteiger partial charge in [0.25, 0.3) is 0 Å². The summed E-state index contributed by atoms with van der Waals surface area (Å²) in [6, 6.07) is 6.57. The third-order valence-corrected chi connectivity index (χ3v) is 3.95. The van der Waals surface area contributed by atoms with Gasteiger partial charge in [-0.1, -0.05) is 18.2 Å². The van der Waals surface area contributed by atoms with Crippen molar-refractivity contribution in [2.45, 2.75) is 52.2 Å². The molecule has 18 heavy (non-hydrogen) atoms. The van der Waals surface area contributed by atoms with E-state index < -0.39 is 0 Å². The molecular weight excluding hydrogens is 222 g/mol. The monoisotopic (exact) mass is 247 g/mol. The molecule has 1 aliphatic carbocycles. The molecule has 2 nitrogen and oxygen atoms in total. The molecule has 100 valence electrons. The second-order valence-electron chi connectivity index (χ2n) is 5.50. The lowest BCUT2D eigenvalue weighted by Gasteiger charge is -2.25. The van der Waals surface area contributed by atoms with Gasteiger partial charge in [0.2, 0.25) is 0 Å². The van der Waals surface area contributed by atoms with E-state index in [0.717, 1.165) is 13.0 Å². The van der Waals surface area contributed by atoms with Gasteiger partial charge in [-0.15, -0.1) is 0 Å². The zero-order valence-corrected chi connectivity index (χ0v) is 11.8. The van der Waals surface area contributed by atoms with Crippen LogP contribution in [0.25, 0.3) is 0 Å². The lowest BCUT2D eigenvalue weighted by atomic mass is 9.93. The Labute approximate surface area is 111 Å². The van der Waals surface area contributed by atoms with Crippen molar-refractivity contribution < 1.29 is 4.74 Å². The Balaban J connectivity index is 2.07. The molecule has 1 saturated carbocycles. The van der Waals surface area contributed by atoms with Crippen molar-refractivity contribution in [3.8, 4) is 0 Å². The molecule has 0 saturated heterocycles. The Kier molecular flexibility index (Phi) is 4.41. The maximum atomic E-state index is 6.39. The van der Waals surface area contributed by atoms with Gasteiger partial charge in [0.05, 0.1) is 6.10 Å². The summed E-state index contributed by atoms with van der Waals surface area (Å²) in [7, 11) is 0. The van der Waals surface area contributed by atoms with Crippen molar-refractivity contribution >= 4 is 0 Å². The Bertz CT molecular complexity index is 378. The van der Waals surface area contributed by atoms with Crippen molar-refractivity contribution in [1.82, 2.24) is 0 Å². The molecule has 0 aliphatic heterocycles. The van der Waals surface area contributed by atoms with Crippen molar-refractivity contribution in [2.24, 2.45) is 11.7 Å². The Hall–Kier alpha value is -0.860. The molecule has 0 bridgehead atoms. The maximum absolute atomic E-state index is 6.39. The van der Waals surface area contributed by atoms with Gasteiger partial charge >= 0.3 is 0 Å². The fraction of sp³-hybridized carbons (Fsp3) is 0.625. The van der Waals surface area contributed by atoms with Crippen LogP contribution in [-0.4, -0.2) is 18.8 Å². The summed E-state index contributed by atoms with van der Waals surface area (Å²) in [5.41, 5.74) is 10.5. The summed E-state index contributed by atoms with van der Waals surface area (Å²) >= 11 is 0. The summed E-state index contributed by atoms with van der Waals surface area (Å²) < 4.78 is 5.85. The largest absolute Gasteiger partial charge is 0.377 e. The van der Waals surface area contributed by atoms with Crippen LogP contribution in [0.5, 0.6) is 0 Å². The molecule has 0 amide bonds. The molecule has 0 radical (unpaired) electrons. The van der Waals surface area contributed by atoms with E-state index in [4.69, 9.17) is 10.5 Å². The third-order valence-electron chi connectivity index (χ3n) is 3.95. The standard InChI is InChI=1S/C16H25NO/c1-4-18-16(13-8-9-13)15(17)10-14-11(2)6-5-7-12(14)3/h5-7,13,15-16H,4,8-10,17H2,1-3H3. The number of benzene rings is 1. The van der Waals surface area contributed by atoms with E-state index in [2.05, 4.69) is 39.0 Å². The van der Waals surface area contributed by atoms with Crippen LogP contribution < -0.4 is 5.73 Å². The zero-order chi connectivity index (χ0) is 13.1. The molecule has 2 rings (SSSR count).